The number of anilines is 2. The highest BCUT2D eigenvalue weighted by atomic mass is 32.1. The summed E-state index contributed by atoms with van der Waals surface area (Å²) in [5, 5.41) is 21.1. The average molecular weight is 436 g/mol. The van der Waals surface area contributed by atoms with Crippen molar-refractivity contribution in [2.75, 3.05) is 11.9 Å². The van der Waals surface area contributed by atoms with Crippen molar-refractivity contribution in [2.24, 2.45) is 10.2 Å². The molecule has 3 rings (SSSR count). The number of hydrogen-bond donors (Lipinski definition) is 2. The summed E-state index contributed by atoms with van der Waals surface area (Å²) in [6, 6.07) is 18.1. The quantitative estimate of drug-likeness (QED) is 0.141. The van der Waals surface area contributed by atoms with Gasteiger partial charge in [-0.3, -0.25) is 4.79 Å². The van der Waals surface area contributed by atoms with Gasteiger partial charge in [-0.25, -0.2) is 4.79 Å². The van der Waals surface area contributed by atoms with Crippen molar-refractivity contribution in [1.29, 1.82) is 0 Å². The lowest BCUT2D eigenvalue weighted by Crippen LogP contribution is -2.08. The highest BCUT2D eigenvalue weighted by molar-refractivity contribution is 7.18. The minimum atomic E-state index is -0.545. The van der Waals surface area contributed by atoms with Gasteiger partial charge in [-0.2, -0.15) is 5.11 Å². The number of aliphatic hydroxyl groups is 1. The van der Waals surface area contributed by atoms with E-state index >= 15 is 0 Å². The van der Waals surface area contributed by atoms with E-state index < -0.39 is 11.8 Å². The smallest absolute Gasteiger partial charge is 0.341 e. The molecular weight excluding hydrogens is 414 g/mol. The van der Waals surface area contributed by atoms with Crippen LogP contribution in [-0.4, -0.2) is 23.5 Å². The van der Waals surface area contributed by atoms with Gasteiger partial charge in [0, 0.05) is 5.69 Å². The van der Waals surface area contributed by atoms with Crippen molar-refractivity contribution in [3.8, 4) is 0 Å². The Bertz CT molecular complexity index is 1120. The first-order valence-corrected chi connectivity index (χ1v) is 10.3. The average Bonchev–Trinajstić information content (AvgIpc) is 3.11. The lowest BCUT2D eigenvalue weighted by molar-refractivity contribution is 0.0527. The molecule has 0 unspecified atom stereocenters. The van der Waals surface area contributed by atoms with E-state index in [2.05, 4.69) is 15.5 Å². The molecular formula is C23H21N3O4S. The fourth-order valence-corrected chi connectivity index (χ4v) is 3.94. The van der Waals surface area contributed by atoms with E-state index in [9.17, 15) is 14.7 Å². The Morgan fingerprint density at radius 3 is 2.35 bits per heavy atom. The van der Waals surface area contributed by atoms with Gasteiger partial charge in [-0.1, -0.05) is 36.4 Å². The Balaban J connectivity index is 1.97. The molecule has 31 heavy (non-hydrogen) atoms. The predicted octanol–water partition coefficient (Wildman–Crippen LogP) is 6.34. The first-order valence-electron chi connectivity index (χ1n) is 9.53. The van der Waals surface area contributed by atoms with Crippen molar-refractivity contribution in [3.05, 3.63) is 88.6 Å². The van der Waals surface area contributed by atoms with Crippen LogP contribution in [0.4, 0.5) is 16.4 Å². The Kier molecular flexibility index (Phi) is 7.29. The number of allylic oxidation sites excluding steroid dienone is 1. The number of carbonyl (C=O) groups is 2. The lowest BCUT2D eigenvalue weighted by atomic mass is 10.1. The first-order chi connectivity index (χ1) is 15.0. The molecule has 8 heteroatoms. The number of ketones is 1. The SMILES string of the molecule is CCOC(=O)c1c(Nc2ccccc2)sc(C(=O)/C(=C/O)N=Nc2ccccc2)c1C. The van der Waals surface area contributed by atoms with Crippen molar-refractivity contribution >= 4 is 39.5 Å². The minimum absolute atomic E-state index is 0.204. The first kappa shape index (κ1) is 21.9. The summed E-state index contributed by atoms with van der Waals surface area (Å²) >= 11 is 1.09. The van der Waals surface area contributed by atoms with Gasteiger partial charge in [-0.05, 0) is 43.7 Å². The molecule has 0 spiro atoms. The van der Waals surface area contributed by atoms with Crippen LogP contribution in [0, 0.1) is 6.92 Å². The van der Waals surface area contributed by atoms with Crippen molar-refractivity contribution in [1.82, 2.24) is 0 Å². The second kappa shape index (κ2) is 10.3. The molecule has 158 valence electrons. The number of ether oxygens (including phenoxy) is 1. The normalized spacial score (nSPS) is 11.5. The number of esters is 1. The topological polar surface area (TPSA) is 100 Å². The van der Waals surface area contributed by atoms with Gasteiger partial charge < -0.3 is 15.2 Å². The van der Waals surface area contributed by atoms with Crippen LogP contribution in [-0.2, 0) is 4.74 Å². The van der Waals surface area contributed by atoms with Gasteiger partial charge in [0.25, 0.3) is 0 Å². The Labute approximate surface area is 183 Å². The summed E-state index contributed by atoms with van der Waals surface area (Å²) in [4.78, 5) is 25.9. The van der Waals surface area contributed by atoms with E-state index in [1.54, 1.807) is 38.1 Å². The molecule has 3 aromatic rings. The van der Waals surface area contributed by atoms with Crippen molar-refractivity contribution < 1.29 is 19.4 Å². The van der Waals surface area contributed by atoms with Gasteiger partial charge in [0.1, 0.15) is 11.3 Å². The van der Waals surface area contributed by atoms with E-state index in [0.717, 1.165) is 17.0 Å². The summed E-state index contributed by atoms with van der Waals surface area (Å²) in [5.41, 5.74) is 1.78. The van der Waals surface area contributed by atoms with Crippen LogP contribution in [0.15, 0.2) is 82.9 Å². The number of rotatable bonds is 8. The maximum Gasteiger partial charge on any atom is 0.341 e. The zero-order chi connectivity index (χ0) is 22.2. The molecule has 1 heterocycles. The van der Waals surface area contributed by atoms with E-state index in [0.29, 0.717) is 22.5 Å². The van der Waals surface area contributed by atoms with Crippen LogP contribution in [0.2, 0.25) is 0 Å². The molecule has 0 aliphatic rings. The lowest BCUT2D eigenvalue weighted by Gasteiger charge is -2.07. The second-order valence-electron chi connectivity index (χ2n) is 6.35. The third kappa shape index (κ3) is 5.23. The molecule has 0 aliphatic carbocycles. The summed E-state index contributed by atoms with van der Waals surface area (Å²) in [5.74, 6) is -1.08. The van der Waals surface area contributed by atoms with Gasteiger partial charge >= 0.3 is 5.97 Å². The largest absolute Gasteiger partial charge is 0.513 e. The number of benzene rings is 2. The molecule has 2 N–H and O–H groups in total. The molecule has 0 aliphatic heterocycles. The van der Waals surface area contributed by atoms with Gasteiger partial charge in [0.05, 0.1) is 22.7 Å². The fraction of sp³-hybridized carbons (Fsp3) is 0.130. The molecule has 2 aromatic carbocycles. The number of nitrogens with zero attached hydrogens (tertiary/aromatic N) is 2. The van der Waals surface area contributed by atoms with Gasteiger partial charge in [0.2, 0.25) is 5.78 Å². The number of carbonyl (C=O) groups excluding carboxylic acids is 2. The highest BCUT2D eigenvalue weighted by Gasteiger charge is 2.27. The Morgan fingerprint density at radius 1 is 1.10 bits per heavy atom. The Hall–Kier alpha value is -3.78. The van der Waals surface area contributed by atoms with E-state index in [-0.39, 0.29) is 22.7 Å². The predicted molar refractivity (Wildman–Crippen MR) is 121 cm³/mol. The zero-order valence-corrected chi connectivity index (χ0v) is 17.8. The van der Waals surface area contributed by atoms with Crippen molar-refractivity contribution in [3.63, 3.8) is 0 Å². The molecule has 0 bridgehead atoms. The number of Topliss-reactive ketones (excluding diaryl/α,β-unsaturated/α-hetero) is 1. The maximum atomic E-state index is 13.1. The summed E-state index contributed by atoms with van der Waals surface area (Å²) in [7, 11) is 0. The summed E-state index contributed by atoms with van der Waals surface area (Å²) in [6.07, 6.45) is 0.613. The monoisotopic (exact) mass is 435 g/mol. The minimum Gasteiger partial charge on any atom is -0.513 e. The summed E-state index contributed by atoms with van der Waals surface area (Å²) in [6.45, 7) is 3.58. The number of thiophene rings is 1. The highest BCUT2D eigenvalue weighted by Crippen LogP contribution is 2.37. The number of aliphatic hydroxyl groups excluding tert-OH is 1. The molecule has 1 aromatic heterocycles. The Morgan fingerprint density at radius 2 is 1.74 bits per heavy atom. The third-order valence-electron chi connectivity index (χ3n) is 4.25. The second-order valence-corrected chi connectivity index (χ2v) is 7.37. The van der Waals surface area contributed by atoms with Crippen LogP contribution in [0.1, 0.15) is 32.5 Å². The van der Waals surface area contributed by atoms with Crippen LogP contribution in [0.3, 0.4) is 0 Å². The van der Waals surface area contributed by atoms with Gasteiger partial charge in [-0.15, -0.1) is 16.5 Å². The number of nitrogens with one attached hydrogen (secondary N) is 1. The van der Waals surface area contributed by atoms with E-state index in [1.165, 1.54) is 0 Å². The molecule has 0 radical (unpaired) electrons. The number of azo groups is 1. The van der Waals surface area contributed by atoms with Crippen molar-refractivity contribution in [2.45, 2.75) is 13.8 Å². The number of hydrogen-bond acceptors (Lipinski definition) is 8. The standard InChI is InChI=1S/C23H21N3O4S/c1-3-30-23(29)19-15(2)21(31-22(19)24-16-10-6-4-7-11-16)20(28)18(14-27)26-25-17-12-8-5-9-13-17/h4-14,24,27H,3H2,1-2H3/b18-14-,26-25?. The van der Waals surface area contributed by atoms with Crippen LogP contribution >= 0.6 is 11.3 Å². The van der Waals surface area contributed by atoms with Crippen LogP contribution in [0.25, 0.3) is 0 Å². The molecule has 0 fully saturated rings. The number of para-hydroxylation sites is 1. The summed E-state index contributed by atoms with van der Waals surface area (Å²) < 4.78 is 5.18. The maximum absolute atomic E-state index is 13.1. The van der Waals surface area contributed by atoms with Crippen LogP contribution in [0.5, 0.6) is 0 Å². The van der Waals surface area contributed by atoms with E-state index in [4.69, 9.17) is 4.74 Å². The molecule has 0 atom stereocenters. The molecule has 0 amide bonds. The zero-order valence-electron chi connectivity index (χ0n) is 17.0. The molecule has 0 saturated heterocycles. The van der Waals surface area contributed by atoms with Crippen LogP contribution < -0.4 is 5.32 Å². The fourth-order valence-electron chi connectivity index (χ4n) is 2.77. The molecule has 0 saturated carbocycles. The third-order valence-corrected chi connectivity index (χ3v) is 5.45. The van der Waals surface area contributed by atoms with Gasteiger partial charge in [0.15, 0.2) is 5.70 Å². The molecule has 7 nitrogen and oxygen atoms in total. The van der Waals surface area contributed by atoms with E-state index in [1.807, 2.05) is 36.4 Å².